The molecule has 0 aliphatic carbocycles. The van der Waals surface area contributed by atoms with E-state index >= 15 is 0 Å². The molecule has 27 heavy (non-hydrogen) atoms. The van der Waals surface area contributed by atoms with Crippen LogP contribution in [0.5, 0.6) is 5.75 Å². The van der Waals surface area contributed by atoms with Crippen LogP contribution in [0.1, 0.15) is 16.1 Å². The summed E-state index contributed by atoms with van der Waals surface area (Å²) in [6.07, 6.45) is 2.51. The molecule has 0 bridgehead atoms. The zero-order valence-corrected chi connectivity index (χ0v) is 15.6. The molecule has 0 fully saturated rings. The Labute approximate surface area is 159 Å². The van der Waals surface area contributed by atoms with Crippen LogP contribution in [-0.2, 0) is 6.42 Å². The van der Waals surface area contributed by atoms with Crippen LogP contribution in [0.25, 0.3) is 0 Å². The Hall–Kier alpha value is -3.34. The largest absolute Gasteiger partial charge is 0.497 e. The molecule has 3 rings (SSSR count). The van der Waals surface area contributed by atoms with Gasteiger partial charge in [-0.25, -0.2) is 0 Å². The molecule has 0 spiro atoms. The average molecular weight is 361 g/mol. The molecule has 5 heteroatoms. The summed E-state index contributed by atoms with van der Waals surface area (Å²) in [6, 6.07) is 21.2. The number of hydrogen-bond donors (Lipinski definition) is 1. The van der Waals surface area contributed by atoms with Crippen molar-refractivity contribution < 1.29 is 9.53 Å². The molecule has 1 N–H and O–H groups in total. The first-order chi connectivity index (χ1) is 13.2. The highest BCUT2D eigenvalue weighted by Gasteiger charge is 2.15. The second kappa shape index (κ2) is 8.85. The van der Waals surface area contributed by atoms with Gasteiger partial charge in [-0.05, 0) is 48.4 Å². The molecule has 1 heterocycles. The minimum Gasteiger partial charge on any atom is -0.497 e. The van der Waals surface area contributed by atoms with Crippen molar-refractivity contribution in [1.29, 1.82) is 0 Å². The topological polar surface area (TPSA) is 54.5 Å². The number of benzene rings is 2. The summed E-state index contributed by atoms with van der Waals surface area (Å²) in [5.74, 6) is 0.714. The van der Waals surface area contributed by atoms with Crippen molar-refractivity contribution in [1.82, 2.24) is 4.98 Å². The molecular formula is C22H23N3O2. The molecule has 0 saturated heterocycles. The van der Waals surface area contributed by atoms with E-state index in [2.05, 4.69) is 16.4 Å². The predicted octanol–water partition coefficient (Wildman–Crippen LogP) is 4.02. The highest BCUT2D eigenvalue weighted by molar-refractivity contribution is 6.04. The van der Waals surface area contributed by atoms with Crippen molar-refractivity contribution >= 4 is 17.3 Å². The number of carbonyl (C=O) groups is 1. The Kier molecular flexibility index (Phi) is 6.05. The van der Waals surface area contributed by atoms with Crippen molar-refractivity contribution in [3.8, 4) is 5.75 Å². The quantitative estimate of drug-likeness (QED) is 0.690. The lowest BCUT2D eigenvalue weighted by atomic mass is 10.1. The molecule has 1 aromatic heterocycles. The Morgan fingerprint density at radius 1 is 1.07 bits per heavy atom. The van der Waals surface area contributed by atoms with E-state index < -0.39 is 0 Å². The van der Waals surface area contributed by atoms with E-state index in [9.17, 15) is 4.79 Å². The Bertz CT molecular complexity index is 897. The van der Waals surface area contributed by atoms with Crippen LogP contribution in [0.4, 0.5) is 11.4 Å². The number of methoxy groups -OCH3 is 1. The number of aromatic nitrogens is 1. The van der Waals surface area contributed by atoms with E-state index in [1.54, 1.807) is 31.3 Å². The molecule has 138 valence electrons. The molecule has 1 amide bonds. The first-order valence-electron chi connectivity index (χ1n) is 8.83. The molecule has 2 aromatic carbocycles. The fourth-order valence-electron chi connectivity index (χ4n) is 2.78. The summed E-state index contributed by atoms with van der Waals surface area (Å²) in [5.41, 5.74) is 3.31. The van der Waals surface area contributed by atoms with Crippen LogP contribution in [-0.4, -0.2) is 31.6 Å². The van der Waals surface area contributed by atoms with Gasteiger partial charge in [-0.3, -0.25) is 9.78 Å². The molecule has 5 nitrogen and oxygen atoms in total. The fraction of sp³-hybridized carbons (Fsp3) is 0.182. The zero-order chi connectivity index (χ0) is 19.1. The van der Waals surface area contributed by atoms with Crippen molar-refractivity contribution in [3.63, 3.8) is 0 Å². The summed E-state index contributed by atoms with van der Waals surface area (Å²) >= 11 is 0. The number of ether oxygens (including phenoxy) is 1. The minimum atomic E-state index is -0.141. The molecule has 0 aliphatic heterocycles. The summed E-state index contributed by atoms with van der Waals surface area (Å²) < 4.78 is 5.25. The highest BCUT2D eigenvalue weighted by Crippen LogP contribution is 2.17. The standard InChI is InChI=1S/C22H23N3O2/c1-25(19-8-4-3-5-9-19)22(26)21-16-18(12-14-24-21)23-13-11-17-7-6-10-20(15-17)27-2/h3-10,12,14-16H,11,13H2,1-2H3,(H,23,24). The number of nitrogens with one attached hydrogen (secondary N) is 1. The van der Waals surface area contributed by atoms with Crippen molar-refractivity contribution in [2.24, 2.45) is 0 Å². The van der Waals surface area contributed by atoms with Crippen molar-refractivity contribution in [2.75, 3.05) is 30.9 Å². The monoisotopic (exact) mass is 361 g/mol. The third-order valence-corrected chi connectivity index (χ3v) is 4.30. The number of pyridine rings is 1. The molecule has 0 aliphatic rings. The number of nitrogens with zero attached hydrogens (tertiary/aromatic N) is 2. The first-order valence-corrected chi connectivity index (χ1v) is 8.83. The molecule has 0 saturated carbocycles. The molecule has 0 atom stereocenters. The third kappa shape index (κ3) is 4.85. The number of rotatable bonds is 7. The van der Waals surface area contributed by atoms with E-state index in [-0.39, 0.29) is 5.91 Å². The van der Waals surface area contributed by atoms with Crippen LogP contribution in [0.3, 0.4) is 0 Å². The van der Waals surface area contributed by atoms with Gasteiger partial charge in [0, 0.05) is 31.2 Å². The van der Waals surface area contributed by atoms with E-state index in [1.165, 1.54) is 5.56 Å². The normalized spacial score (nSPS) is 10.3. The smallest absolute Gasteiger partial charge is 0.276 e. The summed E-state index contributed by atoms with van der Waals surface area (Å²) in [4.78, 5) is 18.5. The van der Waals surface area contributed by atoms with Gasteiger partial charge in [0.05, 0.1) is 7.11 Å². The van der Waals surface area contributed by atoms with Gasteiger partial charge in [0.15, 0.2) is 0 Å². The predicted molar refractivity (Wildman–Crippen MR) is 109 cm³/mol. The number of para-hydroxylation sites is 1. The second-order valence-corrected chi connectivity index (χ2v) is 6.16. The molecular weight excluding hydrogens is 338 g/mol. The lowest BCUT2D eigenvalue weighted by molar-refractivity contribution is 0.0988. The highest BCUT2D eigenvalue weighted by atomic mass is 16.5. The third-order valence-electron chi connectivity index (χ3n) is 4.30. The number of hydrogen-bond acceptors (Lipinski definition) is 4. The molecule has 0 radical (unpaired) electrons. The van der Waals surface area contributed by atoms with E-state index in [4.69, 9.17) is 4.74 Å². The summed E-state index contributed by atoms with van der Waals surface area (Å²) in [5, 5.41) is 3.35. The number of anilines is 2. The van der Waals surface area contributed by atoms with Gasteiger partial charge in [0.2, 0.25) is 0 Å². The van der Waals surface area contributed by atoms with Gasteiger partial charge in [-0.1, -0.05) is 30.3 Å². The van der Waals surface area contributed by atoms with Crippen LogP contribution in [0, 0.1) is 0 Å². The lowest BCUT2D eigenvalue weighted by Crippen LogP contribution is -2.27. The maximum Gasteiger partial charge on any atom is 0.276 e. The van der Waals surface area contributed by atoms with Gasteiger partial charge in [-0.2, -0.15) is 0 Å². The number of carbonyl (C=O) groups excluding carboxylic acids is 1. The lowest BCUT2D eigenvalue weighted by Gasteiger charge is -2.17. The minimum absolute atomic E-state index is 0.141. The Morgan fingerprint density at radius 3 is 2.67 bits per heavy atom. The van der Waals surface area contributed by atoms with Gasteiger partial charge in [-0.15, -0.1) is 0 Å². The van der Waals surface area contributed by atoms with E-state index in [0.717, 1.165) is 30.1 Å². The van der Waals surface area contributed by atoms with Crippen molar-refractivity contribution in [3.05, 3.63) is 84.2 Å². The SMILES string of the molecule is COc1cccc(CCNc2ccnc(C(=O)N(C)c3ccccc3)c2)c1. The van der Waals surface area contributed by atoms with Crippen LogP contribution in [0.15, 0.2) is 72.9 Å². The Balaban J connectivity index is 1.62. The van der Waals surface area contributed by atoms with Crippen LogP contribution < -0.4 is 15.0 Å². The average Bonchev–Trinajstić information content (AvgIpc) is 2.73. The summed E-state index contributed by atoms with van der Waals surface area (Å²) in [7, 11) is 3.42. The van der Waals surface area contributed by atoms with Gasteiger partial charge >= 0.3 is 0 Å². The van der Waals surface area contributed by atoms with Gasteiger partial charge < -0.3 is 15.0 Å². The second-order valence-electron chi connectivity index (χ2n) is 6.16. The van der Waals surface area contributed by atoms with E-state index in [1.807, 2.05) is 54.6 Å². The van der Waals surface area contributed by atoms with Crippen LogP contribution >= 0.6 is 0 Å². The Morgan fingerprint density at radius 2 is 1.89 bits per heavy atom. The zero-order valence-electron chi connectivity index (χ0n) is 15.6. The van der Waals surface area contributed by atoms with Crippen molar-refractivity contribution in [2.45, 2.75) is 6.42 Å². The number of amides is 1. The summed E-state index contributed by atoms with van der Waals surface area (Å²) in [6.45, 7) is 0.749. The van der Waals surface area contributed by atoms with Crippen LogP contribution in [0.2, 0.25) is 0 Å². The molecule has 3 aromatic rings. The maximum absolute atomic E-state index is 12.7. The maximum atomic E-state index is 12.7. The van der Waals surface area contributed by atoms with Gasteiger partial charge in [0.25, 0.3) is 5.91 Å². The van der Waals surface area contributed by atoms with E-state index in [0.29, 0.717) is 5.69 Å². The first kappa shape index (κ1) is 18.5. The molecule has 0 unspecified atom stereocenters. The van der Waals surface area contributed by atoms with Gasteiger partial charge in [0.1, 0.15) is 11.4 Å². The fourth-order valence-corrected chi connectivity index (χ4v) is 2.78.